The van der Waals surface area contributed by atoms with Crippen molar-refractivity contribution >= 4 is 22.7 Å². The highest BCUT2D eigenvalue weighted by molar-refractivity contribution is 6.32. The zero-order chi connectivity index (χ0) is 9.26. The number of nitrogens with two attached hydrogens (primary N) is 1. The van der Waals surface area contributed by atoms with E-state index in [-0.39, 0.29) is 0 Å². The van der Waals surface area contributed by atoms with Crippen molar-refractivity contribution in [3.8, 4) is 0 Å². The molecule has 68 valence electrons. The van der Waals surface area contributed by atoms with E-state index in [0.717, 1.165) is 23.1 Å². The zero-order valence-corrected chi connectivity index (χ0v) is 7.71. The SMILES string of the molecule is NCCc1cc2ocnc2cc1Cl. The van der Waals surface area contributed by atoms with Crippen LogP contribution in [0, 0.1) is 0 Å². The number of aromatic nitrogens is 1. The largest absolute Gasteiger partial charge is 0.443 e. The summed E-state index contributed by atoms with van der Waals surface area (Å²) in [6.07, 6.45) is 2.17. The van der Waals surface area contributed by atoms with E-state index in [2.05, 4.69) is 4.98 Å². The van der Waals surface area contributed by atoms with E-state index in [4.69, 9.17) is 21.8 Å². The minimum Gasteiger partial charge on any atom is -0.443 e. The molecule has 2 N–H and O–H groups in total. The van der Waals surface area contributed by atoms with Crippen LogP contribution < -0.4 is 5.73 Å². The molecule has 0 unspecified atom stereocenters. The molecule has 0 aliphatic carbocycles. The second kappa shape index (κ2) is 3.36. The van der Waals surface area contributed by atoms with Gasteiger partial charge in [0.05, 0.1) is 0 Å². The predicted octanol–water partition coefficient (Wildman–Crippen LogP) is 1.98. The van der Waals surface area contributed by atoms with Crippen molar-refractivity contribution in [2.75, 3.05) is 6.54 Å². The van der Waals surface area contributed by atoms with Crippen LogP contribution in [0.15, 0.2) is 22.9 Å². The van der Waals surface area contributed by atoms with E-state index in [0.29, 0.717) is 11.6 Å². The second-order valence-corrected chi connectivity index (χ2v) is 3.21. The molecule has 0 radical (unpaired) electrons. The van der Waals surface area contributed by atoms with Gasteiger partial charge >= 0.3 is 0 Å². The van der Waals surface area contributed by atoms with Crippen molar-refractivity contribution in [2.45, 2.75) is 6.42 Å². The van der Waals surface area contributed by atoms with Gasteiger partial charge in [-0.15, -0.1) is 0 Å². The molecule has 4 heteroatoms. The Morgan fingerprint density at radius 2 is 2.31 bits per heavy atom. The number of halogens is 1. The standard InChI is InChI=1S/C9H9ClN2O/c10-7-4-8-9(13-5-12-8)3-6(7)1-2-11/h3-5H,1-2,11H2. The van der Waals surface area contributed by atoms with Crippen LogP contribution in [-0.2, 0) is 6.42 Å². The molecule has 0 amide bonds. The van der Waals surface area contributed by atoms with Crippen LogP contribution in [-0.4, -0.2) is 11.5 Å². The Hall–Kier alpha value is -1.06. The van der Waals surface area contributed by atoms with E-state index in [1.165, 1.54) is 6.39 Å². The topological polar surface area (TPSA) is 52.0 Å². The molecule has 0 saturated heterocycles. The molecule has 13 heavy (non-hydrogen) atoms. The Morgan fingerprint density at radius 1 is 1.46 bits per heavy atom. The Morgan fingerprint density at radius 3 is 3.08 bits per heavy atom. The average molecular weight is 197 g/mol. The summed E-state index contributed by atoms with van der Waals surface area (Å²) in [7, 11) is 0. The number of oxazole rings is 1. The molecule has 0 fully saturated rings. The molecule has 3 nitrogen and oxygen atoms in total. The molecule has 0 atom stereocenters. The van der Waals surface area contributed by atoms with E-state index in [9.17, 15) is 0 Å². The lowest BCUT2D eigenvalue weighted by Crippen LogP contribution is -2.02. The summed E-state index contributed by atoms with van der Waals surface area (Å²) in [5.74, 6) is 0. The van der Waals surface area contributed by atoms with Crippen LogP contribution in [0.25, 0.3) is 11.1 Å². The minimum atomic E-state index is 0.583. The lowest BCUT2D eigenvalue weighted by molar-refractivity contribution is 0.601. The van der Waals surface area contributed by atoms with E-state index < -0.39 is 0 Å². The lowest BCUT2D eigenvalue weighted by Gasteiger charge is -2.00. The summed E-state index contributed by atoms with van der Waals surface area (Å²) in [5.41, 5.74) is 7.99. The monoisotopic (exact) mass is 196 g/mol. The smallest absolute Gasteiger partial charge is 0.181 e. The van der Waals surface area contributed by atoms with Crippen LogP contribution in [0.3, 0.4) is 0 Å². The normalized spacial score (nSPS) is 10.9. The first-order chi connectivity index (χ1) is 6.31. The highest BCUT2D eigenvalue weighted by Gasteiger charge is 2.04. The molecule has 2 aromatic rings. The second-order valence-electron chi connectivity index (χ2n) is 2.80. The molecule has 1 heterocycles. The minimum absolute atomic E-state index is 0.583. The number of hydrogen-bond acceptors (Lipinski definition) is 3. The summed E-state index contributed by atoms with van der Waals surface area (Å²) in [5, 5.41) is 0.701. The van der Waals surface area contributed by atoms with Gasteiger partial charge in [0.15, 0.2) is 12.0 Å². The highest BCUT2D eigenvalue weighted by atomic mass is 35.5. The van der Waals surface area contributed by atoms with Gasteiger partial charge in [-0.25, -0.2) is 4.98 Å². The first kappa shape index (κ1) is 8.53. The van der Waals surface area contributed by atoms with Gasteiger partial charge in [0.2, 0.25) is 0 Å². The Labute approximate surface area is 80.5 Å². The van der Waals surface area contributed by atoms with Gasteiger partial charge in [-0.05, 0) is 30.7 Å². The fourth-order valence-electron chi connectivity index (χ4n) is 1.27. The quantitative estimate of drug-likeness (QED) is 0.799. The molecule has 2 rings (SSSR count). The van der Waals surface area contributed by atoms with Crippen molar-refractivity contribution in [3.63, 3.8) is 0 Å². The van der Waals surface area contributed by atoms with Crippen LogP contribution in [0.4, 0.5) is 0 Å². The zero-order valence-electron chi connectivity index (χ0n) is 6.96. The van der Waals surface area contributed by atoms with Gasteiger partial charge < -0.3 is 10.2 Å². The average Bonchev–Trinajstić information content (AvgIpc) is 2.52. The summed E-state index contributed by atoms with van der Waals surface area (Å²) in [6, 6.07) is 3.68. The Balaban J connectivity index is 2.56. The van der Waals surface area contributed by atoms with Gasteiger partial charge in [-0.2, -0.15) is 0 Å². The number of nitrogens with zero attached hydrogens (tertiary/aromatic N) is 1. The molecular formula is C9H9ClN2O. The van der Waals surface area contributed by atoms with E-state index >= 15 is 0 Å². The van der Waals surface area contributed by atoms with Gasteiger partial charge in [-0.3, -0.25) is 0 Å². The molecule has 0 bridgehead atoms. The molecule has 1 aromatic carbocycles. The molecule has 0 spiro atoms. The predicted molar refractivity (Wildman–Crippen MR) is 51.8 cm³/mol. The number of fused-ring (bicyclic) bond motifs is 1. The van der Waals surface area contributed by atoms with Crippen LogP contribution in [0.1, 0.15) is 5.56 Å². The van der Waals surface area contributed by atoms with Gasteiger partial charge in [0.25, 0.3) is 0 Å². The summed E-state index contributed by atoms with van der Waals surface area (Å²) in [4.78, 5) is 4.00. The maximum Gasteiger partial charge on any atom is 0.181 e. The summed E-state index contributed by atoms with van der Waals surface area (Å²) < 4.78 is 5.15. The van der Waals surface area contributed by atoms with Crippen molar-refractivity contribution in [1.82, 2.24) is 4.98 Å². The first-order valence-electron chi connectivity index (χ1n) is 4.03. The maximum atomic E-state index is 6.00. The molecular weight excluding hydrogens is 188 g/mol. The lowest BCUT2D eigenvalue weighted by atomic mass is 10.1. The Kier molecular flexibility index (Phi) is 2.20. The molecule has 0 aliphatic rings. The number of hydrogen-bond donors (Lipinski definition) is 1. The molecule has 1 aromatic heterocycles. The van der Waals surface area contributed by atoms with Crippen LogP contribution in [0.5, 0.6) is 0 Å². The van der Waals surface area contributed by atoms with Crippen molar-refractivity contribution < 1.29 is 4.42 Å². The van der Waals surface area contributed by atoms with Crippen LogP contribution >= 0.6 is 11.6 Å². The fraction of sp³-hybridized carbons (Fsp3) is 0.222. The Bertz CT molecular complexity index is 424. The summed E-state index contributed by atoms with van der Waals surface area (Å²) >= 11 is 6.00. The van der Waals surface area contributed by atoms with Gasteiger partial charge in [-0.1, -0.05) is 11.6 Å². The maximum absolute atomic E-state index is 6.00. The van der Waals surface area contributed by atoms with Gasteiger partial charge in [0.1, 0.15) is 5.52 Å². The number of benzene rings is 1. The third kappa shape index (κ3) is 1.53. The molecule has 0 aliphatic heterocycles. The highest BCUT2D eigenvalue weighted by Crippen LogP contribution is 2.23. The van der Waals surface area contributed by atoms with E-state index in [1.807, 2.05) is 6.07 Å². The third-order valence-electron chi connectivity index (χ3n) is 1.91. The fourth-order valence-corrected chi connectivity index (χ4v) is 1.52. The molecule has 0 saturated carbocycles. The van der Waals surface area contributed by atoms with Gasteiger partial charge in [0, 0.05) is 5.02 Å². The summed E-state index contributed by atoms with van der Waals surface area (Å²) in [6.45, 7) is 0.583. The van der Waals surface area contributed by atoms with Crippen molar-refractivity contribution in [3.05, 3.63) is 29.1 Å². The van der Waals surface area contributed by atoms with Crippen molar-refractivity contribution in [2.24, 2.45) is 5.73 Å². The van der Waals surface area contributed by atoms with Crippen LogP contribution in [0.2, 0.25) is 5.02 Å². The van der Waals surface area contributed by atoms with E-state index in [1.54, 1.807) is 6.07 Å². The third-order valence-corrected chi connectivity index (χ3v) is 2.26. The number of rotatable bonds is 2. The first-order valence-corrected chi connectivity index (χ1v) is 4.41. The van der Waals surface area contributed by atoms with Crippen molar-refractivity contribution in [1.29, 1.82) is 0 Å².